The van der Waals surface area contributed by atoms with Crippen molar-refractivity contribution in [2.24, 2.45) is 5.41 Å². The van der Waals surface area contributed by atoms with Gasteiger partial charge in [0.15, 0.2) is 9.84 Å². The van der Waals surface area contributed by atoms with E-state index in [2.05, 4.69) is 12.2 Å². The van der Waals surface area contributed by atoms with Gasteiger partial charge in [-0.15, -0.1) is 0 Å². The van der Waals surface area contributed by atoms with E-state index < -0.39 is 9.84 Å². The zero-order valence-corrected chi connectivity index (χ0v) is 12.7. The van der Waals surface area contributed by atoms with Gasteiger partial charge in [-0.25, -0.2) is 8.42 Å². The van der Waals surface area contributed by atoms with Gasteiger partial charge in [0, 0.05) is 18.6 Å². The molecule has 18 heavy (non-hydrogen) atoms. The van der Waals surface area contributed by atoms with Crippen LogP contribution in [-0.4, -0.2) is 45.7 Å². The third kappa shape index (κ3) is 4.52. The molecule has 0 aromatic heterocycles. The van der Waals surface area contributed by atoms with Crippen LogP contribution in [0, 0.1) is 5.41 Å². The van der Waals surface area contributed by atoms with E-state index in [0.29, 0.717) is 13.0 Å². The van der Waals surface area contributed by atoms with Crippen LogP contribution in [0.4, 0.5) is 0 Å². The summed E-state index contributed by atoms with van der Waals surface area (Å²) in [6.07, 6.45) is 2.81. The Morgan fingerprint density at radius 2 is 2.11 bits per heavy atom. The number of rotatable bonds is 7. The quantitative estimate of drug-likeness (QED) is 0.768. The summed E-state index contributed by atoms with van der Waals surface area (Å²) < 4.78 is 29.4. The Balaban J connectivity index is 2.61. The van der Waals surface area contributed by atoms with Crippen molar-refractivity contribution in [2.75, 3.05) is 32.1 Å². The molecule has 1 aliphatic rings. The van der Waals surface area contributed by atoms with Crippen LogP contribution in [0.25, 0.3) is 0 Å². The molecule has 0 aromatic rings. The Morgan fingerprint density at radius 3 is 2.61 bits per heavy atom. The van der Waals surface area contributed by atoms with Gasteiger partial charge >= 0.3 is 0 Å². The Morgan fingerprint density at radius 1 is 1.39 bits per heavy atom. The molecule has 0 amide bonds. The van der Waals surface area contributed by atoms with Crippen LogP contribution in [0.5, 0.6) is 0 Å². The number of nitrogens with one attached hydrogen (secondary N) is 1. The second-order valence-electron chi connectivity index (χ2n) is 5.60. The smallest absolute Gasteiger partial charge is 0.152 e. The largest absolute Gasteiger partial charge is 0.381 e. The molecule has 0 saturated carbocycles. The highest BCUT2D eigenvalue weighted by Gasteiger charge is 2.34. The molecule has 0 spiro atoms. The first-order valence-corrected chi connectivity index (χ1v) is 8.63. The monoisotopic (exact) mass is 277 g/mol. The fraction of sp³-hybridized carbons (Fsp3) is 1.00. The van der Waals surface area contributed by atoms with Gasteiger partial charge in [-0.1, -0.05) is 6.92 Å². The Bertz CT molecular complexity index is 332. The lowest BCUT2D eigenvalue weighted by atomic mass is 9.80. The number of sulfone groups is 1. The van der Waals surface area contributed by atoms with Crippen LogP contribution >= 0.6 is 0 Å². The Kier molecular flexibility index (Phi) is 6.08. The van der Waals surface area contributed by atoms with Crippen molar-refractivity contribution >= 4 is 9.84 Å². The molecule has 0 aliphatic carbocycles. The lowest BCUT2D eigenvalue weighted by Gasteiger charge is -2.37. The molecule has 0 aromatic carbocycles. The van der Waals surface area contributed by atoms with Crippen LogP contribution in [0.1, 0.15) is 40.0 Å². The fourth-order valence-electron chi connectivity index (χ4n) is 2.32. The van der Waals surface area contributed by atoms with Crippen molar-refractivity contribution in [1.82, 2.24) is 5.32 Å². The fourth-order valence-corrected chi connectivity index (χ4v) is 3.51. The molecule has 0 bridgehead atoms. The average Bonchev–Trinajstić information content (AvgIpc) is 2.35. The first-order valence-electron chi connectivity index (χ1n) is 6.92. The van der Waals surface area contributed by atoms with Gasteiger partial charge in [0.25, 0.3) is 0 Å². The van der Waals surface area contributed by atoms with Crippen LogP contribution < -0.4 is 5.32 Å². The predicted molar refractivity (Wildman–Crippen MR) is 74.6 cm³/mol. The maximum atomic E-state index is 11.9. The van der Waals surface area contributed by atoms with Crippen LogP contribution in [-0.2, 0) is 14.6 Å². The lowest BCUT2D eigenvalue weighted by Crippen LogP contribution is -2.42. The van der Waals surface area contributed by atoms with Gasteiger partial charge in [0.1, 0.15) is 0 Å². The van der Waals surface area contributed by atoms with Crippen molar-refractivity contribution in [3.05, 3.63) is 0 Å². The van der Waals surface area contributed by atoms with Crippen LogP contribution in [0.3, 0.4) is 0 Å². The summed E-state index contributed by atoms with van der Waals surface area (Å²) in [5, 5.41) is 3.07. The van der Waals surface area contributed by atoms with Gasteiger partial charge < -0.3 is 10.1 Å². The third-order valence-corrected chi connectivity index (χ3v) is 6.00. The summed E-state index contributed by atoms with van der Waals surface area (Å²) in [7, 11) is -2.94. The number of hydrogen-bond acceptors (Lipinski definition) is 4. The number of hydrogen-bond donors (Lipinski definition) is 1. The van der Waals surface area contributed by atoms with E-state index in [9.17, 15) is 8.42 Å². The topological polar surface area (TPSA) is 55.4 Å². The highest BCUT2D eigenvalue weighted by molar-refractivity contribution is 7.91. The Hall–Kier alpha value is -0.130. The maximum Gasteiger partial charge on any atom is 0.152 e. The Labute approximate surface area is 111 Å². The van der Waals surface area contributed by atoms with Crippen LogP contribution in [0.15, 0.2) is 0 Å². The van der Waals surface area contributed by atoms with Gasteiger partial charge in [-0.3, -0.25) is 0 Å². The third-order valence-electron chi connectivity index (χ3n) is 3.79. The number of ether oxygens (including phenoxy) is 1. The summed E-state index contributed by atoms with van der Waals surface area (Å²) >= 11 is 0. The summed E-state index contributed by atoms with van der Waals surface area (Å²) in [4.78, 5) is 0. The molecule has 1 heterocycles. The summed E-state index contributed by atoms with van der Waals surface area (Å²) in [6.45, 7) is 8.85. The molecule has 1 atom stereocenters. The molecule has 0 radical (unpaired) electrons. The molecule has 5 heteroatoms. The summed E-state index contributed by atoms with van der Waals surface area (Å²) in [6, 6.07) is 0. The minimum atomic E-state index is -2.94. The molecule has 1 saturated heterocycles. The maximum absolute atomic E-state index is 11.9. The van der Waals surface area contributed by atoms with E-state index in [1.54, 1.807) is 13.8 Å². The molecule has 4 nitrogen and oxygen atoms in total. The first-order chi connectivity index (χ1) is 8.42. The van der Waals surface area contributed by atoms with E-state index in [1.165, 1.54) is 0 Å². The minimum Gasteiger partial charge on any atom is -0.381 e. The normalized spacial score (nSPS) is 25.6. The summed E-state index contributed by atoms with van der Waals surface area (Å²) in [5.74, 6) is 0.277. The molecule has 1 fully saturated rings. The summed E-state index contributed by atoms with van der Waals surface area (Å²) in [5.41, 5.74) is 0.0101. The van der Waals surface area contributed by atoms with Gasteiger partial charge in [-0.05, 0) is 39.7 Å². The average molecular weight is 277 g/mol. The van der Waals surface area contributed by atoms with Crippen molar-refractivity contribution in [3.63, 3.8) is 0 Å². The van der Waals surface area contributed by atoms with E-state index in [4.69, 9.17) is 4.74 Å². The van der Waals surface area contributed by atoms with Crippen molar-refractivity contribution in [2.45, 2.75) is 45.3 Å². The van der Waals surface area contributed by atoms with Crippen molar-refractivity contribution < 1.29 is 13.2 Å². The zero-order valence-electron chi connectivity index (χ0n) is 11.9. The molecule has 1 unspecified atom stereocenters. The van der Waals surface area contributed by atoms with Gasteiger partial charge in [-0.2, -0.15) is 0 Å². The standard InChI is InChI=1S/C13H27NO3S/c1-4-14-10-13(6-5-8-17-11-13)7-9-18(15,16)12(2)3/h12,14H,4-11H2,1-3H3. The molecule has 1 aliphatic heterocycles. The van der Waals surface area contributed by atoms with Gasteiger partial charge in [0.05, 0.1) is 17.6 Å². The van der Waals surface area contributed by atoms with Gasteiger partial charge in [0.2, 0.25) is 0 Å². The highest BCUT2D eigenvalue weighted by Crippen LogP contribution is 2.32. The van der Waals surface area contributed by atoms with Crippen LogP contribution in [0.2, 0.25) is 0 Å². The first kappa shape index (κ1) is 15.9. The van der Waals surface area contributed by atoms with E-state index in [1.807, 2.05) is 0 Å². The van der Waals surface area contributed by atoms with E-state index in [-0.39, 0.29) is 16.4 Å². The minimum absolute atomic E-state index is 0.0101. The second kappa shape index (κ2) is 6.87. The van der Waals surface area contributed by atoms with E-state index in [0.717, 1.165) is 32.5 Å². The second-order valence-corrected chi connectivity index (χ2v) is 8.28. The SMILES string of the molecule is CCNCC1(CCS(=O)(=O)C(C)C)CCCOC1. The zero-order chi connectivity index (χ0) is 13.6. The molecule has 1 N–H and O–H groups in total. The molecule has 108 valence electrons. The molecule has 1 rings (SSSR count). The predicted octanol–water partition coefficient (Wildman–Crippen LogP) is 1.61. The van der Waals surface area contributed by atoms with Crippen molar-refractivity contribution in [3.8, 4) is 0 Å². The van der Waals surface area contributed by atoms with E-state index >= 15 is 0 Å². The molecular formula is C13H27NO3S. The van der Waals surface area contributed by atoms with Crippen molar-refractivity contribution in [1.29, 1.82) is 0 Å². The highest BCUT2D eigenvalue weighted by atomic mass is 32.2. The lowest BCUT2D eigenvalue weighted by molar-refractivity contribution is -0.00870. The molecular weight excluding hydrogens is 250 g/mol.